The molecule has 0 bridgehead atoms. The van der Waals surface area contributed by atoms with Crippen LogP contribution >= 0.6 is 0 Å². The van der Waals surface area contributed by atoms with Gasteiger partial charge < -0.3 is 10.2 Å². The molecule has 0 saturated heterocycles. The van der Waals surface area contributed by atoms with Crippen molar-refractivity contribution in [2.24, 2.45) is 0 Å². The molecule has 3 aromatic carbocycles. The van der Waals surface area contributed by atoms with Crippen LogP contribution in [0.25, 0.3) is 0 Å². The van der Waals surface area contributed by atoms with Crippen molar-refractivity contribution in [3.05, 3.63) is 95.1 Å². The third-order valence-corrected chi connectivity index (χ3v) is 4.51. The van der Waals surface area contributed by atoms with Crippen LogP contribution in [0.1, 0.15) is 29.2 Å². The normalized spacial score (nSPS) is 11.4. The van der Waals surface area contributed by atoms with Gasteiger partial charge in [-0.3, -0.25) is 0 Å². The molecule has 0 radical (unpaired) electrons. The van der Waals surface area contributed by atoms with Gasteiger partial charge in [0.05, 0.1) is 0 Å². The van der Waals surface area contributed by atoms with Gasteiger partial charge in [0.25, 0.3) is 0 Å². The van der Waals surface area contributed by atoms with Crippen LogP contribution in [0.15, 0.2) is 72.8 Å². The lowest BCUT2D eigenvalue weighted by Gasteiger charge is -2.33. The number of aryl methyl sites for hydroxylation is 1. The van der Waals surface area contributed by atoms with Crippen molar-refractivity contribution in [1.29, 1.82) is 0 Å². The Hall–Kier alpha value is -2.74. The number of rotatable bonds is 3. The van der Waals surface area contributed by atoms with E-state index in [0.717, 1.165) is 16.7 Å². The van der Waals surface area contributed by atoms with Gasteiger partial charge in [-0.25, -0.2) is 0 Å². The minimum Gasteiger partial charge on any atom is -0.508 e. The van der Waals surface area contributed by atoms with Crippen LogP contribution in [-0.4, -0.2) is 10.2 Å². The fourth-order valence-corrected chi connectivity index (χ4v) is 3.14. The van der Waals surface area contributed by atoms with Gasteiger partial charge in [0.1, 0.15) is 11.5 Å². The van der Waals surface area contributed by atoms with Gasteiger partial charge >= 0.3 is 0 Å². The van der Waals surface area contributed by atoms with Crippen LogP contribution < -0.4 is 0 Å². The molecule has 0 aliphatic heterocycles. The number of phenolic OH excluding ortho intramolecular Hbond substituents is 2. The zero-order chi connectivity index (χ0) is 16.4. The lowest BCUT2D eigenvalue weighted by Crippen LogP contribution is -2.25. The van der Waals surface area contributed by atoms with E-state index in [4.69, 9.17) is 0 Å². The van der Waals surface area contributed by atoms with Gasteiger partial charge in [-0.1, -0.05) is 66.2 Å². The van der Waals surface area contributed by atoms with Crippen molar-refractivity contribution < 1.29 is 10.2 Å². The van der Waals surface area contributed by atoms with Gasteiger partial charge in [0.2, 0.25) is 0 Å². The molecule has 116 valence electrons. The summed E-state index contributed by atoms with van der Waals surface area (Å²) in [5.74, 6) is 0.442. The topological polar surface area (TPSA) is 40.5 Å². The van der Waals surface area contributed by atoms with E-state index in [-0.39, 0.29) is 11.5 Å². The van der Waals surface area contributed by atoms with E-state index in [1.165, 1.54) is 5.56 Å². The summed E-state index contributed by atoms with van der Waals surface area (Å²) in [5, 5.41) is 20.9. The predicted octanol–water partition coefficient (Wildman–Crippen LogP) is 4.76. The Labute approximate surface area is 136 Å². The highest BCUT2D eigenvalue weighted by molar-refractivity contribution is 5.57. The van der Waals surface area contributed by atoms with Crippen molar-refractivity contribution in [2.75, 3.05) is 0 Å². The molecule has 0 unspecified atom stereocenters. The number of hydrogen-bond donors (Lipinski definition) is 2. The smallest absolute Gasteiger partial charge is 0.120 e. The zero-order valence-electron chi connectivity index (χ0n) is 13.3. The quantitative estimate of drug-likeness (QED) is 0.685. The molecule has 0 heterocycles. The zero-order valence-corrected chi connectivity index (χ0v) is 13.3. The minimum absolute atomic E-state index is 0.221. The molecule has 0 aliphatic carbocycles. The Morgan fingerprint density at radius 2 is 1.09 bits per heavy atom. The molecule has 2 nitrogen and oxygen atoms in total. The van der Waals surface area contributed by atoms with Crippen LogP contribution in [-0.2, 0) is 5.41 Å². The lowest BCUT2D eigenvalue weighted by atomic mass is 9.70. The van der Waals surface area contributed by atoms with E-state index in [1.807, 2.05) is 62.4 Å². The lowest BCUT2D eigenvalue weighted by molar-refractivity contribution is 0.442. The Kier molecular flexibility index (Phi) is 3.83. The van der Waals surface area contributed by atoms with Gasteiger partial charge in [-0.2, -0.15) is 0 Å². The standard InChI is InChI=1S/C21H20O2/c1-15-11-13-16(14-12-15)21(2,17-7-3-5-9-19(17)22)18-8-4-6-10-20(18)23/h3-14,22-23H,1-2H3. The molecular weight excluding hydrogens is 284 g/mol. The minimum atomic E-state index is -0.648. The molecule has 2 N–H and O–H groups in total. The Morgan fingerprint density at radius 1 is 0.652 bits per heavy atom. The fraction of sp³-hybridized carbons (Fsp3) is 0.143. The van der Waals surface area contributed by atoms with Crippen molar-refractivity contribution >= 4 is 0 Å². The first-order valence-electron chi connectivity index (χ1n) is 7.67. The maximum absolute atomic E-state index is 10.4. The van der Waals surface area contributed by atoms with Crippen molar-refractivity contribution in [3.63, 3.8) is 0 Å². The fourth-order valence-electron chi connectivity index (χ4n) is 3.14. The molecule has 3 rings (SSSR count). The van der Waals surface area contributed by atoms with Crippen molar-refractivity contribution in [2.45, 2.75) is 19.3 Å². The molecule has 0 fully saturated rings. The number of benzene rings is 3. The average molecular weight is 304 g/mol. The first-order valence-corrected chi connectivity index (χ1v) is 7.67. The third-order valence-electron chi connectivity index (χ3n) is 4.51. The monoisotopic (exact) mass is 304 g/mol. The summed E-state index contributed by atoms with van der Waals surface area (Å²) < 4.78 is 0. The average Bonchev–Trinajstić information content (AvgIpc) is 2.56. The number of phenols is 2. The summed E-state index contributed by atoms with van der Waals surface area (Å²) >= 11 is 0. The number of aromatic hydroxyl groups is 2. The van der Waals surface area contributed by atoms with Crippen molar-refractivity contribution in [3.8, 4) is 11.5 Å². The second kappa shape index (κ2) is 5.81. The molecule has 23 heavy (non-hydrogen) atoms. The van der Waals surface area contributed by atoms with E-state index >= 15 is 0 Å². The van der Waals surface area contributed by atoms with Gasteiger partial charge in [0.15, 0.2) is 0 Å². The predicted molar refractivity (Wildman–Crippen MR) is 92.9 cm³/mol. The highest BCUT2D eigenvalue weighted by Gasteiger charge is 2.35. The van der Waals surface area contributed by atoms with E-state index in [1.54, 1.807) is 24.3 Å². The first-order chi connectivity index (χ1) is 11.0. The summed E-state index contributed by atoms with van der Waals surface area (Å²) in [6, 6.07) is 22.8. The molecule has 0 aromatic heterocycles. The summed E-state index contributed by atoms with van der Waals surface area (Å²) in [5.41, 5.74) is 3.08. The first kappa shape index (κ1) is 15.2. The number of para-hydroxylation sites is 2. The number of hydrogen-bond acceptors (Lipinski definition) is 2. The molecule has 0 aliphatic rings. The Bertz CT molecular complexity index is 774. The van der Waals surface area contributed by atoms with Gasteiger partial charge in [-0.15, -0.1) is 0 Å². The largest absolute Gasteiger partial charge is 0.508 e. The van der Waals surface area contributed by atoms with E-state index < -0.39 is 5.41 Å². The summed E-state index contributed by atoms with van der Waals surface area (Å²) in [6.45, 7) is 4.07. The Morgan fingerprint density at radius 3 is 1.52 bits per heavy atom. The maximum Gasteiger partial charge on any atom is 0.120 e. The molecule has 2 heteroatoms. The molecular formula is C21H20O2. The van der Waals surface area contributed by atoms with Crippen molar-refractivity contribution in [1.82, 2.24) is 0 Å². The van der Waals surface area contributed by atoms with Gasteiger partial charge in [0, 0.05) is 16.5 Å². The molecule has 0 atom stereocenters. The molecule has 0 amide bonds. The highest BCUT2D eigenvalue weighted by Crippen LogP contribution is 2.45. The molecule has 0 spiro atoms. The summed E-state index contributed by atoms with van der Waals surface area (Å²) in [4.78, 5) is 0. The van der Waals surface area contributed by atoms with Crippen LogP contribution in [0.5, 0.6) is 11.5 Å². The van der Waals surface area contributed by atoms with E-state index in [2.05, 4.69) is 0 Å². The van der Waals surface area contributed by atoms with Gasteiger partial charge in [-0.05, 0) is 31.5 Å². The third kappa shape index (κ3) is 2.57. The second-order valence-corrected chi connectivity index (χ2v) is 6.03. The van der Waals surface area contributed by atoms with Crippen LogP contribution in [0, 0.1) is 6.92 Å². The highest BCUT2D eigenvalue weighted by atomic mass is 16.3. The molecule has 0 saturated carbocycles. The van der Waals surface area contributed by atoms with Crippen LogP contribution in [0.4, 0.5) is 0 Å². The van der Waals surface area contributed by atoms with Crippen LogP contribution in [0.2, 0.25) is 0 Å². The summed E-state index contributed by atoms with van der Waals surface area (Å²) in [7, 11) is 0. The Balaban J connectivity index is 2.32. The van der Waals surface area contributed by atoms with Crippen LogP contribution in [0.3, 0.4) is 0 Å². The van der Waals surface area contributed by atoms with E-state index in [0.29, 0.717) is 0 Å². The summed E-state index contributed by atoms with van der Waals surface area (Å²) in [6.07, 6.45) is 0. The molecule has 3 aromatic rings. The second-order valence-electron chi connectivity index (χ2n) is 6.03. The SMILES string of the molecule is Cc1ccc(C(C)(c2ccccc2O)c2ccccc2O)cc1. The maximum atomic E-state index is 10.4. The van der Waals surface area contributed by atoms with E-state index in [9.17, 15) is 10.2 Å².